The van der Waals surface area contributed by atoms with Crippen LogP contribution in [0.15, 0.2) is 33.9 Å². The smallest absolute Gasteiger partial charge is 0.268 e. The molecule has 1 aromatic carbocycles. The van der Waals surface area contributed by atoms with Crippen LogP contribution in [0.3, 0.4) is 0 Å². The summed E-state index contributed by atoms with van der Waals surface area (Å²) in [7, 11) is 1.39. The van der Waals surface area contributed by atoms with Crippen LogP contribution in [0.1, 0.15) is 6.92 Å². The van der Waals surface area contributed by atoms with E-state index in [0.717, 1.165) is 4.57 Å². The Morgan fingerprint density at radius 1 is 1.13 bits per heavy atom. The SMILES string of the molecule is CCn1nc(-c2ccc(Cl)cc2Cl)cc2c(=O)n(C)c(=O)nc1-2. The highest BCUT2D eigenvalue weighted by atomic mass is 35.5. The molecule has 0 atom stereocenters. The summed E-state index contributed by atoms with van der Waals surface area (Å²) in [5, 5.41) is 5.37. The predicted octanol–water partition coefficient (Wildman–Crippen LogP) is 2.44. The zero-order chi connectivity index (χ0) is 16.7. The molecule has 2 heterocycles. The molecule has 0 aliphatic carbocycles. The van der Waals surface area contributed by atoms with Gasteiger partial charge in [0.25, 0.3) is 5.56 Å². The van der Waals surface area contributed by atoms with E-state index < -0.39 is 11.2 Å². The molecular formula is C15H12Cl2N4O2. The molecule has 0 bridgehead atoms. The largest absolute Gasteiger partial charge is 0.352 e. The highest BCUT2D eigenvalue weighted by molar-refractivity contribution is 6.36. The minimum absolute atomic E-state index is 0.259. The first kappa shape index (κ1) is 15.7. The minimum atomic E-state index is -0.608. The summed E-state index contributed by atoms with van der Waals surface area (Å²) in [5.74, 6) is 0.259. The fraction of sp³-hybridized carbons (Fsp3) is 0.200. The van der Waals surface area contributed by atoms with Gasteiger partial charge < -0.3 is 0 Å². The molecule has 2 aliphatic heterocycles. The molecule has 8 heteroatoms. The monoisotopic (exact) mass is 350 g/mol. The maximum absolute atomic E-state index is 12.4. The molecule has 0 aromatic heterocycles. The third kappa shape index (κ3) is 2.64. The molecule has 3 rings (SSSR count). The van der Waals surface area contributed by atoms with E-state index in [1.54, 1.807) is 24.3 Å². The average Bonchev–Trinajstić information content (AvgIpc) is 2.52. The van der Waals surface area contributed by atoms with Crippen LogP contribution in [0, 0.1) is 0 Å². The number of aryl methyl sites for hydroxylation is 1. The van der Waals surface area contributed by atoms with Gasteiger partial charge in [0.05, 0.1) is 16.3 Å². The van der Waals surface area contributed by atoms with Crippen molar-refractivity contribution in [2.45, 2.75) is 13.5 Å². The van der Waals surface area contributed by atoms with Gasteiger partial charge in [-0.25, -0.2) is 9.48 Å². The van der Waals surface area contributed by atoms with Crippen molar-refractivity contribution in [1.82, 2.24) is 19.3 Å². The quantitative estimate of drug-likeness (QED) is 0.711. The van der Waals surface area contributed by atoms with E-state index in [2.05, 4.69) is 10.1 Å². The van der Waals surface area contributed by atoms with Gasteiger partial charge >= 0.3 is 5.69 Å². The van der Waals surface area contributed by atoms with E-state index >= 15 is 0 Å². The summed E-state index contributed by atoms with van der Waals surface area (Å²) in [5.41, 5.74) is 0.441. The Labute approximate surface area is 141 Å². The zero-order valence-electron chi connectivity index (χ0n) is 12.4. The fourth-order valence-corrected chi connectivity index (χ4v) is 2.81. The summed E-state index contributed by atoms with van der Waals surface area (Å²) < 4.78 is 2.48. The van der Waals surface area contributed by atoms with Crippen LogP contribution in [0.2, 0.25) is 10.0 Å². The van der Waals surface area contributed by atoms with Crippen LogP contribution in [0.5, 0.6) is 0 Å². The number of rotatable bonds is 2. The van der Waals surface area contributed by atoms with Gasteiger partial charge in [-0.05, 0) is 31.2 Å². The number of benzene rings is 1. The fourth-order valence-electron chi connectivity index (χ4n) is 2.30. The standard InChI is InChI=1S/C15H12Cl2N4O2/c1-3-21-13-10(14(22)20(2)15(23)18-13)7-12(19-21)9-5-4-8(16)6-11(9)17/h4-7H,3H2,1-2H3. The van der Waals surface area contributed by atoms with Crippen molar-refractivity contribution in [2.24, 2.45) is 7.05 Å². The van der Waals surface area contributed by atoms with E-state index in [1.807, 2.05) is 6.92 Å². The van der Waals surface area contributed by atoms with Crippen molar-refractivity contribution in [3.63, 3.8) is 0 Å². The molecule has 0 spiro atoms. The van der Waals surface area contributed by atoms with Gasteiger partial charge in [-0.15, -0.1) is 0 Å². The Bertz CT molecular complexity index is 994. The second-order valence-corrected chi connectivity index (χ2v) is 5.81. The number of aromatic nitrogens is 4. The van der Waals surface area contributed by atoms with Crippen molar-refractivity contribution in [2.75, 3.05) is 0 Å². The zero-order valence-corrected chi connectivity index (χ0v) is 13.9. The highest BCUT2D eigenvalue weighted by Crippen LogP contribution is 2.30. The average molecular weight is 351 g/mol. The highest BCUT2D eigenvalue weighted by Gasteiger charge is 2.19. The lowest BCUT2D eigenvalue weighted by Gasteiger charge is -2.14. The number of hydrogen-bond donors (Lipinski definition) is 0. The van der Waals surface area contributed by atoms with Crippen molar-refractivity contribution in [3.8, 4) is 22.6 Å². The van der Waals surface area contributed by atoms with Crippen molar-refractivity contribution < 1.29 is 0 Å². The summed E-state index contributed by atoms with van der Waals surface area (Å²) in [4.78, 5) is 28.0. The molecule has 6 nitrogen and oxygen atoms in total. The number of nitrogens with zero attached hydrogens (tertiary/aromatic N) is 4. The number of halogens is 2. The third-order valence-corrected chi connectivity index (χ3v) is 4.07. The Morgan fingerprint density at radius 2 is 1.87 bits per heavy atom. The summed E-state index contributed by atoms with van der Waals surface area (Å²) in [6.45, 7) is 2.30. The molecule has 1 aromatic rings. The van der Waals surface area contributed by atoms with Crippen LogP contribution >= 0.6 is 23.2 Å². The number of hydrogen-bond acceptors (Lipinski definition) is 4. The lowest BCUT2D eigenvalue weighted by Crippen LogP contribution is -2.36. The van der Waals surface area contributed by atoms with Gasteiger partial charge in [0.1, 0.15) is 0 Å². The van der Waals surface area contributed by atoms with E-state index in [-0.39, 0.29) is 5.82 Å². The summed E-state index contributed by atoms with van der Waals surface area (Å²) in [6.07, 6.45) is 0. The Kier molecular flexibility index (Phi) is 3.95. The maximum Gasteiger partial charge on any atom is 0.352 e. The van der Waals surface area contributed by atoms with Gasteiger partial charge in [-0.3, -0.25) is 9.36 Å². The second kappa shape index (κ2) is 5.79. The lowest BCUT2D eigenvalue weighted by molar-refractivity contribution is 0.625. The molecule has 0 unspecified atom stereocenters. The predicted molar refractivity (Wildman–Crippen MR) is 89.3 cm³/mol. The Hall–Kier alpha value is -2.18. The van der Waals surface area contributed by atoms with Crippen LogP contribution in [-0.4, -0.2) is 19.3 Å². The number of fused-ring (bicyclic) bond motifs is 1. The molecule has 0 amide bonds. The maximum atomic E-state index is 12.4. The van der Waals surface area contributed by atoms with Crippen LogP contribution in [0.4, 0.5) is 0 Å². The molecule has 2 aliphatic rings. The van der Waals surface area contributed by atoms with Gasteiger partial charge in [-0.1, -0.05) is 23.2 Å². The molecule has 23 heavy (non-hydrogen) atoms. The van der Waals surface area contributed by atoms with Crippen LogP contribution in [-0.2, 0) is 13.6 Å². The van der Waals surface area contributed by atoms with Gasteiger partial charge in [0.15, 0.2) is 5.82 Å². The van der Waals surface area contributed by atoms with Crippen LogP contribution < -0.4 is 11.2 Å². The lowest BCUT2D eigenvalue weighted by atomic mass is 10.1. The van der Waals surface area contributed by atoms with E-state index in [9.17, 15) is 9.59 Å². The molecular weight excluding hydrogens is 339 g/mol. The van der Waals surface area contributed by atoms with E-state index in [1.165, 1.54) is 11.7 Å². The van der Waals surface area contributed by atoms with Crippen molar-refractivity contribution >= 4 is 23.2 Å². The summed E-state index contributed by atoms with van der Waals surface area (Å²) >= 11 is 12.1. The van der Waals surface area contributed by atoms with Gasteiger partial charge in [0.2, 0.25) is 0 Å². The molecule has 0 radical (unpaired) electrons. The van der Waals surface area contributed by atoms with Crippen molar-refractivity contribution in [3.05, 3.63) is 55.1 Å². The Balaban J connectivity index is 2.38. The van der Waals surface area contributed by atoms with E-state index in [0.29, 0.717) is 33.4 Å². The molecule has 0 fully saturated rings. The van der Waals surface area contributed by atoms with E-state index in [4.69, 9.17) is 23.2 Å². The topological polar surface area (TPSA) is 69.8 Å². The third-order valence-electron chi connectivity index (χ3n) is 3.53. The minimum Gasteiger partial charge on any atom is -0.268 e. The first-order chi connectivity index (χ1) is 10.9. The molecule has 0 N–H and O–H groups in total. The molecule has 118 valence electrons. The normalized spacial score (nSPS) is 11.1. The van der Waals surface area contributed by atoms with Crippen LogP contribution in [0.25, 0.3) is 22.6 Å². The first-order valence-electron chi connectivity index (χ1n) is 6.86. The molecule has 0 saturated heterocycles. The first-order valence-corrected chi connectivity index (χ1v) is 7.62. The van der Waals surface area contributed by atoms with Gasteiger partial charge in [-0.2, -0.15) is 10.1 Å². The van der Waals surface area contributed by atoms with Crippen molar-refractivity contribution in [1.29, 1.82) is 0 Å². The Morgan fingerprint density at radius 3 is 2.52 bits per heavy atom. The second-order valence-electron chi connectivity index (χ2n) is 4.97. The molecule has 0 saturated carbocycles. The van der Waals surface area contributed by atoms with Gasteiger partial charge in [0, 0.05) is 24.2 Å². The summed E-state index contributed by atoms with van der Waals surface area (Å²) in [6, 6.07) is 6.63.